The van der Waals surface area contributed by atoms with Crippen LogP contribution in [0.2, 0.25) is 0 Å². The van der Waals surface area contributed by atoms with Crippen molar-refractivity contribution in [3.05, 3.63) is 158 Å². The van der Waals surface area contributed by atoms with E-state index in [9.17, 15) is 14.4 Å². The van der Waals surface area contributed by atoms with Gasteiger partial charge in [-0.2, -0.15) is 0 Å². The third kappa shape index (κ3) is 42.2. The van der Waals surface area contributed by atoms with Crippen LogP contribution in [-0.2, 0) is 28.6 Å². The minimum atomic E-state index is -0.854. The average Bonchev–Trinajstić information content (AvgIpc) is 3.22. The largest absolute Gasteiger partial charge is 0.462 e. The van der Waals surface area contributed by atoms with E-state index in [-0.39, 0.29) is 44.4 Å². The Morgan fingerprint density at radius 2 is 0.724 bits per heavy atom. The van der Waals surface area contributed by atoms with E-state index in [1.165, 1.54) is 0 Å². The zero-order chi connectivity index (χ0) is 42.3. The molecule has 6 nitrogen and oxygen atoms in total. The molecule has 0 bridgehead atoms. The number of unbranched alkanes of at least 4 members (excludes halogenated alkanes) is 6. The molecule has 0 aliphatic carbocycles. The fourth-order valence-corrected chi connectivity index (χ4v) is 4.86. The number of esters is 3. The van der Waals surface area contributed by atoms with Gasteiger partial charge in [-0.1, -0.05) is 185 Å². The van der Waals surface area contributed by atoms with E-state index in [1.807, 2.05) is 103 Å². The molecule has 0 aromatic rings. The molecule has 318 valence electrons. The molecule has 6 heteroatoms. The van der Waals surface area contributed by atoms with Crippen molar-refractivity contribution >= 4 is 17.9 Å². The molecular weight excluding hydrogens is 721 g/mol. The summed E-state index contributed by atoms with van der Waals surface area (Å²) in [4.78, 5) is 37.7. The maximum atomic E-state index is 12.7. The summed E-state index contributed by atoms with van der Waals surface area (Å²) in [5, 5.41) is 0. The van der Waals surface area contributed by atoms with E-state index in [4.69, 9.17) is 14.2 Å². The molecule has 0 aliphatic heterocycles. The van der Waals surface area contributed by atoms with Crippen molar-refractivity contribution in [2.75, 3.05) is 13.2 Å². The van der Waals surface area contributed by atoms with Crippen LogP contribution in [0.1, 0.15) is 130 Å². The molecule has 0 saturated heterocycles. The monoisotopic (exact) mass is 795 g/mol. The van der Waals surface area contributed by atoms with Crippen molar-refractivity contribution in [3.63, 3.8) is 0 Å². The summed E-state index contributed by atoms with van der Waals surface area (Å²) in [5.74, 6) is -1.13. The minimum Gasteiger partial charge on any atom is -0.462 e. The third-order valence-electron chi connectivity index (χ3n) is 8.01. The molecule has 1 unspecified atom stereocenters. The van der Waals surface area contributed by atoms with Gasteiger partial charge in [0.15, 0.2) is 6.10 Å². The Balaban J connectivity index is 4.69. The molecule has 0 aliphatic rings. The van der Waals surface area contributed by atoms with Gasteiger partial charge < -0.3 is 14.2 Å². The Morgan fingerprint density at radius 1 is 0.362 bits per heavy atom. The van der Waals surface area contributed by atoms with Crippen LogP contribution in [0.15, 0.2) is 158 Å². The fraction of sp³-hybridized carbons (Fsp3) is 0.442. The summed E-state index contributed by atoms with van der Waals surface area (Å²) in [6.07, 6.45) is 65.2. The normalized spacial score (nSPS) is 13.6. The first kappa shape index (κ1) is 53.0. The molecule has 0 spiro atoms. The molecule has 58 heavy (non-hydrogen) atoms. The quantitative estimate of drug-likeness (QED) is 0.0209. The maximum Gasteiger partial charge on any atom is 0.306 e. The van der Waals surface area contributed by atoms with E-state index in [1.54, 1.807) is 0 Å². The van der Waals surface area contributed by atoms with Crippen LogP contribution in [0.3, 0.4) is 0 Å². The Hall–Kier alpha value is -4.97. The molecule has 0 aromatic carbocycles. The Kier molecular flexibility index (Phi) is 40.9. The molecule has 0 rings (SSSR count). The summed E-state index contributed by atoms with van der Waals surface area (Å²) in [7, 11) is 0. The third-order valence-corrected chi connectivity index (χ3v) is 8.01. The van der Waals surface area contributed by atoms with E-state index < -0.39 is 12.1 Å². The number of allylic oxidation sites excluding steroid dienone is 26. The maximum absolute atomic E-state index is 12.7. The molecule has 0 N–H and O–H groups in total. The SMILES string of the molecule is CC\C=C/C=C\C=C/C=C\C=C/CCCCCC(=O)OCC(COC(=O)CCCC/C=C\C/C=C\C/C=C\CC)OC(=O)CCC\C=C/C=C\C=C/C=C\C=C/CC. The van der Waals surface area contributed by atoms with Crippen molar-refractivity contribution in [2.24, 2.45) is 0 Å². The summed E-state index contributed by atoms with van der Waals surface area (Å²) in [5.41, 5.74) is 0. The lowest BCUT2D eigenvalue weighted by Crippen LogP contribution is -2.30. The van der Waals surface area contributed by atoms with E-state index in [0.717, 1.165) is 64.2 Å². The standard InChI is InChI=1S/C52H74O6/c1-4-7-10-13-16-19-22-25-26-28-30-33-36-39-42-45-51(54)57-48-49(47-56-50(53)44-41-38-35-32-29-24-21-18-15-12-9-6-3)58-52(55)46-43-40-37-34-31-27-23-20-17-14-11-8-5-2/h7-14,16-23,25-32,34,37,49H,4-6,15,24,33,35-36,38-48H2,1-3H3/b10-7-,11-8-,12-9-,16-13-,17-14-,21-18-,22-19-,23-20-,26-25-,30-28-,31-27-,32-29-,37-34-. The summed E-state index contributed by atoms with van der Waals surface area (Å²) in [6, 6.07) is 0. The van der Waals surface area contributed by atoms with Crippen molar-refractivity contribution in [3.8, 4) is 0 Å². The van der Waals surface area contributed by atoms with Crippen molar-refractivity contribution in [1.29, 1.82) is 0 Å². The smallest absolute Gasteiger partial charge is 0.306 e. The zero-order valence-corrected chi connectivity index (χ0v) is 36.0. The molecular formula is C52H74O6. The molecule has 0 aromatic heterocycles. The second-order valence-corrected chi connectivity index (χ2v) is 13.3. The number of carbonyl (C=O) groups excluding carboxylic acids is 3. The van der Waals surface area contributed by atoms with E-state index in [0.29, 0.717) is 25.7 Å². The van der Waals surface area contributed by atoms with Crippen LogP contribution < -0.4 is 0 Å². The van der Waals surface area contributed by atoms with Crippen molar-refractivity contribution in [1.82, 2.24) is 0 Å². The van der Waals surface area contributed by atoms with Gasteiger partial charge in [0.2, 0.25) is 0 Å². The first-order valence-electron chi connectivity index (χ1n) is 21.6. The summed E-state index contributed by atoms with van der Waals surface area (Å²) >= 11 is 0. The number of hydrogen-bond acceptors (Lipinski definition) is 6. The van der Waals surface area contributed by atoms with Gasteiger partial charge in [-0.15, -0.1) is 0 Å². The molecule has 0 heterocycles. The first-order chi connectivity index (χ1) is 28.5. The second kappa shape index (κ2) is 44.7. The van der Waals surface area contributed by atoms with Crippen LogP contribution in [0.5, 0.6) is 0 Å². The highest BCUT2D eigenvalue weighted by Crippen LogP contribution is 2.09. The molecule has 0 amide bonds. The van der Waals surface area contributed by atoms with Gasteiger partial charge in [0, 0.05) is 19.3 Å². The lowest BCUT2D eigenvalue weighted by Gasteiger charge is -2.18. The topological polar surface area (TPSA) is 78.9 Å². The number of rotatable bonds is 35. The fourth-order valence-electron chi connectivity index (χ4n) is 4.86. The highest BCUT2D eigenvalue weighted by atomic mass is 16.6. The molecule has 0 fully saturated rings. The van der Waals surface area contributed by atoms with Gasteiger partial charge in [-0.05, 0) is 83.5 Å². The van der Waals surface area contributed by atoms with Gasteiger partial charge in [-0.25, -0.2) is 0 Å². The highest BCUT2D eigenvalue weighted by molar-refractivity contribution is 5.71. The van der Waals surface area contributed by atoms with Crippen LogP contribution in [-0.4, -0.2) is 37.2 Å². The predicted molar refractivity (Wildman–Crippen MR) is 246 cm³/mol. The van der Waals surface area contributed by atoms with Gasteiger partial charge in [0.05, 0.1) is 0 Å². The zero-order valence-electron chi connectivity index (χ0n) is 36.0. The first-order valence-corrected chi connectivity index (χ1v) is 21.6. The van der Waals surface area contributed by atoms with Crippen LogP contribution >= 0.6 is 0 Å². The second-order valence-electron chi connectivity index (χ2n) is 13.3. The Morgan fingerprint density at radius 3 is 1.22 bits per heavy atom. The van der Waals surface area contributed by atoms with Gasteiger partial charge >= 0.3 is 17.9 Å². The average molecular weight is 795 g/mol. The summed E-state index contributed by atoms with van der Waals surface area (Å²) in [6.45, 7) is 6.04. The van der Waals surface area contributed by atoms with E-state index >= 15 is 0 Å². The summed E-state index contributed by atoms with van der Waals surface area (Å²) < 4.78 is 16.5. The number of ether oxygens (including phenoxy) is 3. The van der Waals surface area contributed by atoms with Crippen LogP contribution in [0.4, 0.5) is 0 Å². The molecule has 1 atom stereocenters. The van der Waals surface area contributed by atoms with Crippen molar-refractivity contribution < 1.29 is 28.6 Å². The Bertz CT molecular complexity index is 1420. The lowest BCUT2D eigenvalue weighted by molar-refractivity contribution is -0.167. The van der Waals surface area contributed by atoms with Crippen molar-refractivity contribution in [2.45, 2.75) is 136 Å². The number of hydrogen-bond donors (Lipinski definition) is 0. The number of carbonyl (C=O) groups is 3. The van der Waals surface area contributed by atoms with Gasteiger partial charge in [-0.3, -0.25) is 14.4 Å². The lowest BCUT2D eigenvalue weighted by atomic mass is 10.1. The van der Waals surface area contributed by atoms with Crippen LogP contribution in [0, 0.1) is 0 Å². The Labute approximate surface area is 352 Å². The van der Waals surface area contributed by atoms with E-state index in [2.05, 4.69) is 75.5 Å². The van der Waals surface area contributed by atoms with Gasteiger partial charge in [0.25, 0.3) is 0 Å². The highest BCUT2D eigenvalue weighted by Gasteiger charge is 2.19. The van der Waals surface area contributed by atoms with Crippen LogP contribution in [0.25, 0.3) is 0 Å². The predicted octanol–water partition coefficient (Wildman–Crippen LogP) is 13.9. The molecule has 0 radical (unpaired) electrons. The molecule has 0 saturated carbocycles. The minimum absolute atomic E-state index is 0.149. The van der Waals surface area contributed by atoms with Gasteiger partial charge in [0.1, 0.15) is 13.2 Å².